The maximum Gasteiger partial charge on any atom is 0.339 e. The van der Waals surface area contributed by atoms with Gasteiger partial charge in [0.05, 0.1) is 12.2 Å². The van der Waals surface area contributed by atoms with Gasteiger partial charge in [0.1, 0.15) is 5.92 Å². The van der Waals surface area contributed by atoms with E-state index in [4.69, 9.17) is 4.74 Å². The standard InChI is InChI=1S/C19H29NO5/c1-3-4-6-11-13(21)14-16(23)20-19(17(24)25-18(14,19)2)15(22)12-9-7-5-8-10-12/h7,9,12-15,21-22H,3-6,8,10-11H2,1-2H3,(H,20,23)/t12?,13?,14-,15-,18-,19-/m0/s1. The van der Waals surface area contributed by atoms with Crippen LogP contribution in [-0.4, -0.2) is 45.4 Å². The van der Waals surface area contributed by atoms with Crippen LogP contribution in [0.15, 0.2) is 12.2 Å². The number of fused-ring (bicyclic) bond motifs is 1. The molecule has 6 nitrogen and oxygen atoms in total. The minimum Gasteiger partial charge on any atom is -0.453 e. The average molecular weight is 351 g/mol. The molecule has 6 atom stereocenters. The lowest BCUT2D eigenvalue weighted by atomic mass is 9.64. The van der Waals surface area contributed by atoms with E-state index < -0.39 is 41.1 Å². The van der Waals surface area contributed by atoms with Crippen molar-refractivity contribution < 1.29 is 24.5 Å². The van der Waals surface area contributed by atoms with E-state index in [0.717, 1.165) is 38.5 Å². The fraction of sp³-hybridized carbons (Fsp3) is 0.789. The van der Waals surface area contributed by atoms with Crippen molar-refractivity contribution in [3.63, 3.8) is 0 Å². The van der Waals surface area contributed by atoms with Gasteiger partial charge in [-0.1, -0.05) is 38.3 Å². The van der Waals surface area contributed by atoms with E-state index in [2.05, 4.69) is 12.2 Å². The van der Waals surface area contributed by atoms with Crippen molar-refractivity contribution in [2.45, 2.75) is 82.1 Å². The number of hydrogen-bond acceptors (Lipinski definition) is 5. The van der Waals surface area contributed by atoms with Gasteiger partial charge in [-0.15, -0.1) is 0 Å². The number of aliphatic hydroxyl groups is 2. The molecule has 3 rings (SSSR count). The fourth-order valence-electron chi connectivity index (χ4n) is 4.74. The second-order valence-corrected chi connectivity index (χ2v) is 7.80. The number of hydrogen-bond donors (Lipinski definition) is 3. The molecule has 0 aromatic rings. The lowest BCUT2D eigenvalue weighted by molar-refractivity contribution is -0.243. The Labute approximate surface area is 148 Å². The van der Waals surface area contributed by atoms with E-state index in [1.807, 2.05) is 12.2 Å². The number of amides is 1. The minimum absolute atomic E-state index is 0.197. The Balaban J connectivity index is 1.84. The van der Waals surface area contributed by atoms with Crippen LogP contribution in [-0.2, 0) is 14.3 Å². The highest BCUT2D eigenvalue weighted by atomic mass is 16.6. The number of unbranched alkanes of at least 4 members (excludes halogenated alkanes) is 2. The molecule has 25 heavy (non-hydrogen) atoms. The van der Waals surface area contributed by atoms with E-state index >= 15 is 0 Å². The van der Waals surface area contributed by atoms with Crippen LogP contribution in [0, 0.1) is 11.8 Å². The lowest BCUT2D eigenvalue weighted by Gasteiger charge is -2.55. The number of ether oxygens (including phenoxy) is 1. The van der Waals surface area contributed by atoms with E-state index in [0.29, 0.717) is 6.42 Å². The molecule has 6 heteroatoms. The molecule has 140 valence electrons. The van der Waals surface area contributed by atoms with Crippen LogP contribution in [0.1, 0.15) is 58.8 Å². The molecule has 1 aliphatic carbocycles. The summed E-state index contributed by atoms with van der Waals surface area (Å²) in [7, 11) is 0. The first-order valence-electron chi connectivity index (χ1n) is 9.46. The Morgan fingerprint density at radius 3 is 2.72 bits per heavy atom. The lowest BCUT2D eigenvalue weighted by Crippen LogP contribution is -2.80. The first-order valence-corrected chi connectivity index (χ1v) is 9.46. The molecular weight excluding hydrogens is 322 g/mol. The van der Waals surface area contributed by atoms with Gasteiger partial charge in [-0.3, -0.25) is 4.79 Å². The summed E-state index contributed by atoms with van der Waals surface area (Å²) in [5.41, 5.74) is -2.66. The zero-order valence-electron chi connectivity index (χ0n) is 15.0. The highest BCUT2D eigenvalue weighted by Gasteiger charge is 2.80. The molecule has 2 heterocycles. The number of rotatable bonds is 7. The highest BCUT2D eigenvalue weighted by molar-refractivity contribution is 6.02. The Bertz CT molecular complexity index is 576. The molecule has 0 radical (unpaired) electrons. The van der Waals surface area contributed by atoms with Crippen LogP contribution in [0.3, 0.4) is 0 Å². The number of allylic oxidation sites excluding steroid dienone is 1. The van der Waals surface area contributed by atoms with Gasteiger partial charge in [0.15, 0.2) is 5.60 Å². The van der Waals surface area contributed by atoms with Crippen molar-refractivity contribution in [1.29, 1.82) is 0 Å². The monoisotopic (exact) mass is 351 g/mol. The third-order valence-corrected chi connectivity index (χ3v) is 6.23. The van der Waals surface area contributed by atoms with Gasteiger partial charge in [-0.25, -0.2) is 4.79 Å². The summed E-state index contributed by atoms with van der Waals surface area (Å²) in [6, 6.07) is 0. The number of nitrogens with one attached hydrogen (secondary N) is 1. The number of carbonyl (C=O) groups is 2. The number of carbonyl (C=O) groups excluding carboxylic acids is 2. The van der Waals surface area contributed by atoms with Crippen LogP contribution < -0.4 is 5.32 Å². The van der Waals surface area contributed by atoms with Gasteiger partial charge in [-0.05, 0) is 32.6 Å². The summed E-state index contributed by atoms with van der Waals surface area (Å²) in [5.74, 6) is -2.05. The molecule has 0 aromatic heterocycles. The Kier molecular flexibility index (Phi) is 4.95. The molecule has 0 saturated carbocycles. The van der Waals surface area contributed by atoms with Crippen molar-refractivity contribution in [2.75, 3.05) is 0 Å². The summed E-state index contributed by atoms with van der Waals surface area (Å²) in [4.78, 5) is 25.0. The molecule has 2 fully saturated rings. The van der Waals surface area contributed by atoms with Crippen molar-refractivity contribution in [3.05, 3.63) is 12.2 Å². The Morgan fingerprint density at radius 2 is 2.12 bits per heavy atom. The summed E-state index contributed by atoms with van der Waals surface area (Å²) in [6.45, 7) is 3.73. The van der Waals surface area contributed by atoms with E-state index in [-0.39, 0.29) is 5.92 Å². The summed E-state index contributed by atoms with van der Waals surface area (Å²) < 4.78 is 5.41. The Hall–Kier alpha value is -1.40. The van der Waals surface area contributed by atoms with Crippen molar-refractivity contribution >= 4 is 11.9 Å². The van der Waals surface area contributed by atoms with Gasteiger partial charge >= 0.3 is 5.97 Å². The zero-order valence-corrected chi connectivity index (χ0v) is 15.0. The molecule has 0 aromatic carbocycles. The first kappa shape index (κ1) is 18.4. The smallest absolute Gasteiger partial charge is 0.339 e. The fourth-order valence-corrected chi connectivity index (χ4v) is 4.74. The van der Waals surface area contributed by atoms with E-state index in [9.17, 15) is 19.8 Å². The van der Waals surface area contributed by atoms with Crippen LogP contribution in [0.2, 0.25) is 0 Å². The molecular formula is C19H29NO5. The second kappa shape index (κ2) is 6.72. The second-order valence-electron chi connectivity index (χ2n) is 7.80. The molecule has 2 saturated heterocycles. The predicted molar refractivity (Wildman–Crippen MR) is 91.5 cm³/mol. The molecule has 3 aliphatic rings. The van der Waals surface area contributed by atoms with Crippen LogP contribution >= 0.6 is 0 Å². The molecule has 0 spiro atoms. The van der Waals surface area contributed by atoms with Crippen LogP contribution in [0.25, 0.3) is 0 Å². The van der Waals surface area contributed by atoms with Crippen LogP contribution in [0.5, 0.6) is 0 Å². The van der Waals surface area contributed by atoms with E-state index in [1.165, 1.54) is 0 Å². The van der Waals surface area contributed by atoms with Crippen molar-refractivity contribution in [2.24, 2.45) is 11.8 Å². The summed E-state index contributed by atoms with van der Waals surface area (Å²) >= 11 is 0. The predicted octanol–water partition coefficient (Wildman–Crippen LogP) is 1.45. The summed E-state index contributed by atoms with van der Waals surface area (Å²) in [5, 5.41) is 24.3. The number of aliphatic hydroxyl groups excluding tert-OH is 2. The quantitative estimate of drug-likeness (QED) is 0.366. The number of esters is 1. The molecule has 2 unspecified atom stereocenters. The van der Waals surface area contributed by atoms with Gasteiger partial charge in [0.25, 0.3) is 0 Å². The average Bonchev–Trinajstić information content (AvgIpc) is 2.78. The normalized spacial score (nSPS) is 39.2. The third-order valence-electron chi connectivity index (χ3n) is 6.23. The SMILES string of the molecule is CCCCCC(O)[C@H]1C(=O)N[C@@]2([C@@H](O)C3C=CCCC3)C(=O)O[C@@]12C. The van der Waals surface area contributed by atoms with Gasteiger partial charge in [-0.2, -0.15) is 0 Å². The van der Waals surface area contributed by atoms with Crippen LogP contribution in [0.4, 0.5) is 0 Å². The zero-order chi connectivity index (χ0) is 18.2. The molecule has 3 N–H and O–H groups in total. The third kappa shape index (κ3) is 2.61. The molecule has 0 bridgehead atoms. The largest absolute Gasteiger partial charge is 0.453 e. The molecule has 2 aliphatic heterocycles. The van der Waals surface area contributed by atoms with Crippen molar-refractivity contribution in [3.8, 4) is 0 Å². The molecule has 1 amide bonds. The summed E-state index contributed by atoms with van der Waals surface area (Å²) in [6.07, 6.45) is 7.95. The first-order chi connectivity index (χ1) is 11.9. The highest BCUT2D eigenvalue weighted by Crippen LogP contribution is 2.53. The van der Waals surface area contributed by atoms with Gasteiger partial charge in [0, 0.05) is 5.92 Å². The van der Waals surface area contributed by atoms with E-state index in [1.54, 1.807) is 6.92 Å². The maximum absolute atomic E-state index is 12.6. The van der Waals surface area contributed by atoms with Gasteiger partial charge in [0.2, 0.25) is 11.4 Å². The van der Waals surface area contributed by atoms with Gasteiger partial charge < -0.3 is 20.3 Å². The topological polar surface area (TPSA) is 95.9 Å². The minimum atomic E-state index is -1.45. The van der Waals surface area contributed by atoms with Crippen molar-refractivity contribution in [1.82, 2.24) is 5.32 Å². The Morgan fingerprint density at radius 1 is 1.36 bits per heavy atom. The maximum atomic E-state index is 12.6.